The third kappa shape index (κ3) is 5.77. The zero-order chi connectivity index (χ0) is 31.4. The molecule has 4 aliphatic rings. The van der Waals surface area contributed by atoms with Crippen molar-refractivity contribution in [1.29, 1.82) is 0 Å². The highest BCUT2D eigenvalue weighted by Gasteiger charge is 2.50. The molecule has 238 valence electrons. The predicted octanol–water partition coefficient (Wildman–Crippen LogP) is 5.93. The SMILES string of the molecule is CCOC(=O)C1CCC([C@@H]2C[C@H](NC(=O)[C@@]3(C)COc4cc5c(cc43)OC(F)(F)O5)c3ccc(OC(F)(F)F)cc3O2)CC1. The molecule has 44 heavy (non-hydrogen) atoms. The summed E-state index contributed by atoms with van der Waals surface area (Å²) < 4.78 is 96.5. The first kappa shape index (κ1) is 30.1. The van der Waals surface area contributed by atoms with Crippen molar-refractivity contribution < 1.29 is 60.0 Å². The van der Waals surface area contributed by atoms with E-state index in [0.717, 1.165) is 12.1 Å². The van der Waals surface area contributed by atoms with Crippen LogP contribution in [0.4, 0.5) is 22.0 Å². The first-order valence-electron chi connectivity index (χ1n) is 14.4. The van der Waals surface area contributed by atoms with Gasteiger partial charge in [-0.3, -0.25) is 9.59 Å². The Kier molecular flexibility index (Phi) is 7.44. The van der Waals surface area contributed by atoms with Gasteiger partial charge in [0.2, 0.25) is 5.91 Å². The molecule has 0 bridgehead atoms. The minimum Gasteiger partial charge on any atom is -0.492 e. The third-order valence-electron chi connectivity index (χ3n) is 8.68. The maximum Gasteiger partial charge on any atom is 0.586 e. The molecule has 3 atom stereocenters. The molecule has 2 aromatic rings. The number of halogens is 5. The highest BCUT2D eigenvalue weighted by Crippen LogP contribution is 2.50. The lowest BCUT2D eigenvalue weighted by Crippen LogP contribution is -2.47. The number of rotatable bonds is 6. The van der Waals surface area contributed by atoms with Crippen LogP contribution in [0.5, 0.6) is 28.7 Å². The number of nitrogens with one attached hydrogen (secondary N) is 1. The van der Waals surface area contributed by atoms with Crippen molar-refractivity contribution in [2.75, 3.05) is 13.2 Å². The lowest BCUT2D eigenvalue weighted by molar-refractivity contribution is -0.286. The summed E-state index contributed by atoms with van der Waals surface area (Å²) in [6.07, 6.45) is -6.53. The Balaban J connectivity index is 1.24. The average Bonchev–Trinajstić information content (AvgIpc) is 3.45. The van der Waals surface area contributed by atoms with E-state index in [9.17, 15) is 31.5 Å². The summed E-state index contributed by atoms with van der Waals surface area (Å²) in [4.78, 5) is 26.1. The van der Waals surface area contributed by atoms with Gasteiger partial charge in [0.15, 0.2) is 11.5 Å². The van der Waals surface area contributed by atoms with Crippen LogP contribution in [0.1, 0.15) is 63.1 Å². The average molecular weight is 628 g/mol. The van der Waals surface area contributed by atoms with E-state index >= 15 is 0 Å². The van der Waals surface area contributed by atoms with Gasteiger partial charge in [0.05, 0.1) is 18.6 Å². The number of hydrogen-bond donors (Lipinski definition) is 1. The molecule has 3 aliphatic heterocycles. The number of amides is 1. The van der Waals surface area contributed by atoms with E-state index in [0.29, 0.717) is 43.2 Å². The predicted molar refractivity (Wildman–Crippen MR) is 141 cm³/mol. The monoisotopic (exact) mass is 627 g/mol. The second-order valence-electron chi connectivity index (χ2n) is 11.6. The van der Waals surface area contributed by atoms with Crippen molar-refractivity contribution >= 4 is 11.9 Å². The molecule has 0 unspecified atom stereocenters. The Hall–Kier alpha value is -3.97. The highest BCUT2D eigenvalue weighted by atomic mass is 19.4. The molecule has 0 spiro atoms. The smallest absolute Gasteiger partial charge is 0.492 e. The Morgan fingerprint density at radius 1 is 1.00 bits per heavy atom. The van der Waals surface area contributed by atoms with Crippen LogP contribution in [0.3, 0.4) is 0 Å². The van der Waals surface area contributed by atoms with Gasteiger partial charge in [-0.05, 0) is 63.6 Å². The summed E-state index contributed by atoms with van der Waals surface area (Å²) in [6, 6.07) is 5.58. The Labute approximate surface area is 248 Å². The van der Waals surface area contributed by atoms with Gasteiger partial charge < -0.3 is 33.7 Å². The Bertz CT molecular complexity index is 1460. The van der Waals surface area contributed by atoms with Crippen molar-refractivity contribution in [2.45, 2.75) is 76.2 Å². The zero-order valence-electron chi connectivity index (χ0n) is 23.8. The lowest BCUT2D eigenvalue weighted by atomic mass is 9.76. The lowest BCUT2D eigenvalue weighted by Gasteiger charge is -2.40. The van der Waals surface area contributed by atoms with Crippen molar-refractivity contribution in [3.05, 3.63) is 41.5 Å². The van der Waals surface area contributed by atoms with Crippen LogP contribution in [-0.4, -0.2) is 43.9 Å². The molecule has 9 nitrogen and oxygen atoms in total. The number of esters is 1. The standard InChI is InChI=1S/C30H30F5NO8/c1-3-39-26(37)16-6-4-15(5-7-16)21-12-20(18-9-8-17(10-22(18)41-21)42-29(31,32)33)36-27(38)28(2)14-40-23-13-25-24(11-19(23)28)43-30(34,35)44-25/h8-11,13,15-16,20-21H,3-7,12,14H2,1-2H3,(H,36,38)/t15?,16?,20-,21-,28-/m0/s1. The number of carbonyl (C=O) groups is 2. The number of alkyl halides is 5. The molecule has 14 heteroatoms. The van der Waals surface area contributed by atoms with Gasteiger partial charge >= 0.3 is 18.6 Å². The fourth-order valence-corrected chi connectivity index (χ4v) is 6.42. The van der Waals surface area contributed by atoms with Crippen molar-refractivity contribution in [3.8, 4) is 28.7 Å². The zero-order valence-corrected chi connectivity index (χ0v) is 23.8. The topological polar surface area (TPSA) is 102 Å². The summed E-state index contributed by atoms with van der Waals surface area (Å²) >= 11 is 0. The van der Waals surface area contributed by atoms with E-state index in [1.807, 2.05) is 0 Å². The maximum atomic E-state index is 13.9. The highest BCUT2D eigenvalue weighted by molar-refractivity contribution is 5.90. The van der Waals surface area contributed by atoms with Crippen LogP contribution in [-0.2, 0) is 19.7 Å². The first-order valence-corrected chi connectivity index (χ1v) is 14.4. The Morgan fingerprint density at radius 2 is 1.70 bits per heavy atom. The summed E-state index contributed by atoms with van der Waals surface area (Å²) in [5.74, 6) is -1.58. The molecule has 0 radical (unpaired) electrons. The van der Waals surface area contributed by atoms with Crippen LogP contribution in [0.2, 0.25) is 0 Å². The van der Waals surface area contributed by atoms with Crippen LogP contribution in [0.25, 0.3) is 0 Å². The fourth-order valence-electron chi connectivity index (χ4n) is 6.42. The van der Waals surface area contributed by atoms with E-state index in [-0.39, 0.29) is 54.0 Å². The van der Waals surface area contributed by atoms with Crippen LogP contribution >= 0.6 is 0 Å². The number of benzene rings is 2. The largest absolute Gasteiger partial charge is 0.586 e. The molecule has 1 saturated carbocycles. The third-order valence-corrected chi connectivity index (χ3v) is 8.68. The molecule has 3 heterocycles. The maximum absolute atomic E-state index is 13.9. The molecule has 1 aliphatic carbocycles. The summed E-state index contributed by atoms with van der Waals surface area (Å²) in [5, 5.41) is 3.01. The minimum absolute atomic E-state index is 0.0343. The molecule has 2 aromatic carbocycles. The molecule has 6 rings (SSSR count). The van der Waals surface area contributed by atoms with E-state index in [1.165, 1.54) is 18.2 Å². The van der Waals surface area contributed by atoms with Crippen molar-refractivity contribution in [3.63, 3.8) is 0 Å². The molecule has 1 N–H and O–H groups in total. The molecular weight excluding hydrogens is 597 g/mol. The molecule has 0 aromatic heterocycles. The van der Waals surface area contributed by atoms with Crippen molar-refractivity contribution in [1.82, 2.24) is 5.32 Å². The van der Waals surface area contributed by atoms with Gasteiger partial charge in [-0.1, -0.05) is 0 Å². The van der Waals surface area contributed by atoms with Gasteiger partial charge in [0.1, 0.15) is 35.4 Å². The summed E-state index contributed by atoms with van der Waals surface area (Å²) in [6.45, 7) is 3.54. The summed E-state index contributed by atoms with van der Waals surface area (Å²) in [7, 11) is 0. The van der Waals surface area contributed by atoms with Crippen LogP contribution in [0, 0.1) is 11.8 Å². The molecule has 1 fully saturated rings. The quantitative estimate of drug-likeness (QED) is 0.311. The van der Waals surface area contributed by atoms with Gasteiger partial charge in [-0.15, -0.1) is 22.0 Å². The molecule has 1 amide bonds. The van der Waals surface area contributed by atoms with Crippen LogP contribution < -0.4 is 29.0 Å². The number of ether oxygens (including phenoxy) is 6. The van der Waals surface area contributed by atoms with Gasteiger partial charge in [0, 0.05) is 29.7 Å². The van der Waals surface area contributed by atoms with E-state index < -0.39 is 41.9 Å². The second kappa shape index (κ2) is 10.9. The summed E-state index contributed by atoms with van der Waals surface area (Å²) in [5.41, 5.74) is -0.529. The minimum atomic E-state index is -4.91. The van der Waals surface area contributed by atoms with Gasteiger partial charge in [-0.2, -0.15) is 0 Å². The normalized spacial score (nSPS) is 28.2. The Morgan fingerprint density at radius 3 is 2.39 bits per heavy atom. The van der Waals surface area contributed by atoms with Gasteiger partial charge in [0.25, 0.3) is 0 Å². The van der Waals surface area contributed by atoms with E-state index in [2.05, 4.69) is 19.5 Å². The van der Waals surface area contributed by atoms with E-state index in [1.54, 1.807) is 13.8 Å². The number of hydrogen-bond acceptors (Lipinski definition) is 8. The molecular formula is C30H30F5NO8. The molecule has 0 saturated heterocycles. The second-order valence-corrected chi connectivity index (χ2v) is 11.6. The van der Waals surface area contributed by atoms with Crippen LogP contribution in [0.15, 0.2) is 30.3 Å². The van der Waals surface area contributed by atoms with Crippen molar-refractivity contribution in [2.24, 2.45) is 11.8 Å². The number of carbonyl (C=O) groups excluding carboxylic acids is 2. The fraction of sp³-hybridized carbons (Fsp3) is 0.533. The van der Waals surface area contributed by atoms with E-state index in [4.69, 9.17) is 14.2 Å². The first-order chi connectivity index (χ1) is 20.7. The van der Waals surface area contributed by atoms with Gasteiger partial charge in [-0.25, -0.2) is 0 Å². The number of fused-ring (bicyclic) bond motifs is 3.